The molecule has 0 amide bonds. The zero-order chi connectivity index (χ0) is 9.72. The van der Waals surface area contributed by atoms with Crippen LogP contribution in [-0.2, 0) is 9.36 Å². The molecule has 0 rings (SSSR count). The molecule has 0 aromatic rings. The number of carboxylic acid groups (broad SMARTS) is 1. The van der Waals surface area contributed by atoms with E-state index in [1.807, 2.05) is 0 Å². The Labute approximate surface area is 71.6 Å². The molecule has 0 saturated heterocycles. The van der Waals surface area contributed by atoms with Gasteiger partial charge in [0.05, 0.1) is 6.61 Å². The van der Waals surface area contributed by atoms with Crippen molar-refractivity contribution in [2.75, 3.05) is 6.61 Å². The van der Waals surface area contributed by atoms with Gasteiger partial charge in [-0.2, -0.15) is 0 Å². The van der Waals surface area contributed by atoms with Gasteiger partial charge in [-0.15, -0.1) is 0 Å². The van der Waals surface area contributed by atoms with Crippen molar-refractivity contribution in [3.05, 3.63) is 0 Å². The number of carboxylic acids is 1. The van der Waals surface area contributed by atoms with Gasteiger partial charge in [-0.05, 0) is 0 Å². The molecule has 2 unspecified atom stereocenters. The number of rotatable bonds is 5. The Morgan fingerprint density at radius 3 is 2.33 bits per heavy atom. The summed E-state index contributed by atoms with van der Waals surface area (Å²) in [4.78, 5) is 10.3. The maximum Gasteiger partial charge on any atom is 0.323 e. The Bertz CT molecular complexity index is 182. The number of carbonyl (C=O) groups is 1. The van der Waals surface area contributed by atoms with Crippen molar-refractivity contribution in [3.63, 3.8) is 0 Å². The summed E-state index contributed by atoms with van der Waals surface area (Å²) in [6.07, 6.45) is 0. The molecule has 72 valence electrons. The summed E-state index contributed by atoms with van der Waals surface area (Å²) in [6, 6.07) is -1.11. The fraction of sp³-hybridized carbons (Fsp3) is 0.833. The number of nitrogens with one attached hydrogen (secondary N) is 1. The van der Waals surface area contributed by atoms with Gasteiger partial charge in [0.1, 0.15) is 14.0 Å². The Morgan fingerprint density at radius 2 is 2.08 bits per heavy atom. The van der Waals surface area contributed by atoms with Crippen molar-refractivity contribution >= 4 is 13.9 Å². The lowest BCUT2D eigenvalue weighted by atomic mass is 10.3. The first kappa shape index (κ1) is 11.6. The van der Waals surface area contributed by atoms with E-state index in [2.05, 4.69) is 5.09 Å². The second-order valence-corrected chi connectivity index (χ2v) is 4.91. The molecule has 0 spiro atoms. The van der Waals surface area contributed by atoms with E-state index in [-0.39, 0.29) is 5.66 Å². The Kier molecular flexibility index (Phi) is 5.13. The zero-order valence-electron chi connectivity index (χ0n) is 7.07. The SMILES string of the molecule is CC(C)[PH](=O)NC(CO)C(=O)O. The highest BCUT2D eigenvalue weighted by molar-refractivity contribution is 7.43. The minimum Gasteiger partial charge on any atom is -0.480 e. The molecule has 0 aliphatic rings. The van der Waals surface area contributed by atoms with Gasteiger partial charge in [0, 0.05) is 5.66 Å². The molecule has 0 bridgehead atoms. The van der Waals surface area contributed by atoms with Gasteiger partial charge in [0.25, 0.3) is 0 Å². The van der Waals surface area contributed by atoms with E-state index < -0.39 is 26.6 Å². The van der Waals surface area contributed by atoms with Crippen molar-refractivity contribution in [2.24, 2.45) is 0 Å². The third kappa shape index (κ3) is 3.85. The number of hydrogen-bond donors (Lipinski definition) is 3. The molecule has 0 aromatic heterocycles. The van der Waals surface area contributed by atoms with Crippen LogP contribution < -0.4 is 5.09 Å². The van der Waals surface area contributed by atoms with Crippen molar-refractivity contribution < 1.29 is 19.6 Å². The highest BCUT2D eigenvalue weighted by Crippen LogP contribution is 2.22. The maximum atomic E-state index is 11.1. The van der Waals surface area contributed by atoms with Crippen LogP contribution in [0.4, 0.5) is 0 Å². The van der Waals surface area contributed by atoms with E-state index >= 15 is 0 Å². The summed E-state index contributed by atoms with van der Waals surface area (Å²) in [5.74, 6) is -1.18. The molecule has 0 aromatic carbocycles. The summed E-state index contributed by atoms with van der Waals surface area (Å²) in [6.45, 7) is 2.91. The van der Waals surface area contributed by atoms with Gasteiger partial charge < -0.3 is 14.8 Å². The molecule has 0 aliphatic heterocycles. The predicted octanol–water partition coefficient (Wildman–Crippen LogP) is -0.0954. The smallest absolute Gasteiger partial charge is 0.323 e. The topological polar surface area (TPSA) is 86.6 Å². The second kappa shape index (κ2) is 5.30. The second-order valence-electron chi connectivity index (χ2n) is 2.74. The lowest BCUT2D eigenvalue weighted by molar-refractivity contribution is -0.139. The van der Waals surface area contributed by atoms with E-state index in [0.717, 1.165) is 0 Å². The monoisotopic (exact) mass is 195 g/mol. The lowest BCUT2D eigenvalue weighted by Crippen LogP contribution is -2.36. The molecular weight excluding hydrogens is 181 g/mol. The minimum atomic E-state index is -2.10. The normalized spacial score (nSPS) is 16.0. The van der Waals surface area contributed by atoms with Crippen molar-refractivity contribution in [1.82, 2.24) is 5.09 Å². The molecule has 0 radical (unpaired) electrons. The van der Waals surface area contributed by atoms with Crippen LogP contribution >= 0.6 is 7.95 Å². The van der Waals surface area contributed by atoms with Crippen LogP contribution in [0.25, 0.3) is 0 Å². The van der Waals surface area contributed by atoms with Gasteiger partial charge in [-0.3, -0.25) is 9.88 Å². The Hall–Kier alpha value is -0.380. The fourth-order valence-electron chi connectivity index (χ4n) is 0.524. The van der Waals surface area contributed by atoms with Crippen LogP contribution in [0.3, 0.4) is 0 Å². The van der Waals surface area contributed by atoms with Gasteiger partial charge in [0.15, 0.2) is 0 Å². The first-order valence-electron chi connectivity index (χ1n) is 3.63. The predicted molar refractivity (Wildman–Crippen MR) is 45.8 cm³/mol. The van der Waals surface area contributed by atoms with Crippen molar-refractivity contribution in [2.45, 2.75) is 25.5 Å². The van der Waals surface area contributed by atoms with Gasteiger partial charge >= 0.3 is 5.97 Å². The number of aliphatic hydroxyl groups is 1. The molecule has 0 aliphatic carbocycles. The van der Waals surface area contributed by atoms with Crippen LogP contribution in [0.1, 0.15) is 13.8 Å². The minimum absolute atomic E-state index is 0.0941. The summed E-state index contributed by atoms with van der Waals surface area (Å²) in [5, 5.41) is 19.4. The highest BCUT2D eigenvalue weighted by atomic mass is 31.1. The third-order valence-electron chi connectivity index (χ3n) is 1.32. The van der Waals surface area contributed by atoms with E-state index in [0.29, 0.717) is 0 Å². The third-order valence-corrected chi connectivity index (χ3v) is 3.00. The largest absolute Gasteiger partial charge is 0.480 e. The summed E-state index contributed by atoms with van der Waals surface area (Å²) in [7, 11) is -2.10. The van der Waals surface area contributed by atoms with E-state index in [1.54, 1.807) is 13.8 Å². The molecule has 12 heavy (non-hydrogen) atoms. The first-order chi connectivity index (χ1) is 5.49. The highest BCUT2D eigenvalue weighted by Gasteiger charge is 2.18. The van der Waals surface area contributed by atoms with Crippen LogP contribution in [-0.4, -0.2) is 34.5 Å². The van der Waals surface area contributed by atoms with Gasteiger partial charge in [-0.1, -0.05) is 13.8 Å². The molecule has 2 atom stereocenters. The quantitative estimate of drug-likeness (QED) is 0.533. The van der Waals surface area contributed by atoms with E-state index in [4.69, 9.17) is 10.2 Å². The summed E-state index contributed by atoms with van der Waals surface area (Å²) < 4.78 is 11.1. The Balaban J connectivity index is 4.03. The lowest BCUT2D eigenvalue weighted by Gasteiger charge is -2.12. The van der Waals surface area contributed by atoms with E-state index in [9.17, 15) is 9.36 Å². The zero-order valence-corrected chi connectivity index (χ0v) is 8.07. The average molecular weight is 195 g/mol. The summed E-state index contributed by atoms with van der Waals surface area (Å²) >= 11 is 0. The number of hydrogen-bond acceptors (Lipinski definition) is 3. The van der Waals surface area contributed by atoms with Crippen molar-refractivity contribution in [3.8, 4) is 0 Å². The fourth-order valence-corrected chi connectivity index (χ4v) is 1.42. The van der Waals surface area contributed by atoms with Crippen molar-refractivity contribution in [1.29, 1.82) is 0 Å². The molecule has 0 saturated carbocycles. The number of aliphatic carboxylic acids is 1. The Morgan fingerprint density at radius 1 is 1.58 bits per heavy atom. The standard InChI is InChI=1S/C6H14NO4P/c1-4(2)12(11)7-5(3-8)6(9)10/h4-5,8,12H,3H2,1-2H3,(H,7,11)(H,9,10). The maximum absolute atomic E-state index is 11.1. The van der Waals surface area contributed by atoms with Gasteiger partial charge in [0.2, 0.25) is 0 Å². The summed E-state index contributed by atoms with van der Waals surface area (Å²) in [5.41, 5.74) is -0.0941. The van der Waals surface area contributed by atoms with Crippen LogP contribution in [0.2, 0.25) is 0 Å². The van der Waals surface area contributed by atoms with Crippen LogP contribution in [0.15, 0.2) is 0 Å². The molecule has 0 fully saturated rings. The van der Waals surface area contributed by atoms with Crippen LogP contribution in [0, 0.1) is 0 Å². The van der Waals surface area contributed by atoms with E-state index in [1.165, 1.54) is 0 Å². The van der Waals surface area contributed by atoms with Crippen LogP contribution in [0.5, 0.6) is 0 Å². The molecule has 5 nitrogen and oxygen atoms in total. The number of aliphatic hydroxyl groups excluding tert-OH is 1. The first-order valence-corrected chi connectivity index (χ1v) is 5.11. The average Bonchev–Trinajstić information content (AvgIpc) is 1.98. The molecular formula is C6H14NO4P. The molecule has 0 heterocycles. The molecule has 3 N–H and O–H groups in total. The molecule has 6 heteroatoms. The van der Waals surface area contributed by atoms with Gasteiger partial charge in [-0.25, -0.2) is 0 Å².